The van der Waals surface area contributed by atoms with Crippen molar-refractivity contribution >= 4 is 12.1 Å². The third-order valence-electron chi connectivity index (χ3n) is 4.20. The van der Waals surface area contributed by atoms with Gasteiger partial charge in [0.05, 0.1) is 0 Å². The lowest BCUT2D eigenvalue weighted by atomic mass is 10.0. The number of hydrogen-bond donors (Lipinski definition) is 2. The zero-order valence-corrected chi connectivity index (χ0v) is 15.3. The van der Waals surface area contributed by atoms with Crippen molar-refractivity contribution in [2.24, 2.45) is 5.92 Å². The molecule has 0 radical (unpaired) electrons. The molecule has 2 aromatic rings. The minimum absolute atomic E-state index is 0.0693. The van der Waals surface area contributed by atoms with Crippen LogP contribution in [0.5, 0.6) is 0 Å². The number of nitrogens with zero attached hydrogens (tertiary/aromatic N) is 1. The first-order valence-corrected chi connectivity index (χ1v) is 8.66. The van der Waals surface area contributed by atoms with Gasteiger partial charge in [0.25, 0.3) is 0 Å². The van der Waals surface area contributed by atoms with Crippen molar-refractivity contribution in [2.45, 2.75) is 39.7 Å². The number of carboxylic acids is 1. The molecule has 1 atom stereocenters. The quantitative estimate of drug-likeness (QED) is 0.734. The molecule has 2 rings (SSSR count). The van der Waals surface area contributed by atoms with Crippen LogP contribution < -0.4 is 0 Å². The minimum Gasteiger partial charge on any atom is -0.480 e. The molecule has 1 aromatic carbocycles. The number of benzene rings is 1. The summed E-state index contributed by atoms with van der Waals surface area (Å²) in [4.78, 5) is 24.0. The normalized spacial score (nSPS) is 12.2. The molecule has 0 aliphatic rings. The zero-order chi connectivity index (χ0) is 19.3. The summed E-state index contributed by atoms with van der Waals surface area (Å²) >= 11 is 0. The van der Waals surface area contributed by atoms with E-state index in [1.54, 1.807) is 6.07 Å². The molecule has 6 nitrogen and oxygen atoms in total. The first-order valence-electron chi connectivity index (χ1n) is 8.66. The number of aliphatic carboxylic acids is 1. The van der Waals surface area contributed by atoms with E-state index in [4.69, 9.17) is 4.42 Å². The fraction of sp³-hybridized carbons (Fsp3) is 0.400. The topological polar surface area (TPSA) is 91.0 Å². The molecule has 1 aromatic heterocycles. The Morgan fingerprint density at radius 3 is 2.27 bits per heavy atom. The molecule has 1 amide bonds. The molecule has 26 heavy (non-hydrogen) atoms. The van der Waals surface area contributed by atoms with Crippen LogP contribution in [-0.2, 0) is 11.2 Å². The predicted molar refractivity (Wildman–Crippen MR) is 98.2 cm³/mol. The zero-order valence-electron chi connectivity index (χ0n) is 15.3. The number of amides is 1. The van der Waals surface area contributed by atoms with E-state index in [2.05, 4.69) is 0 Å². The fourth-order valence-corrected chi connectivity index (χ4v) is 2.81. The van der Waals surface area contributed by atoms with Crippen LogP contribution in [0.4, 0.5) is 4.79 Å². The Kier molecular flexibility index (Phi) is 6.44. The Bertz CT molecular complexity index is 748. The van der Waals surface area contributed by atoms with Crippen molar-refractivity contribution in [3.05, 3.63) is 47.7 Å². The van der Waals surface area contributed by atoms with Crippen LogP contribution in [0.15, 0.2) is 40.8 Å². The summed E-state index contributed by atoms with van der Waals surface area (Å²) in [5.41, 5.74) is 2.10. The van der Waals surface area contributed by atoms with Gasteiger partial charge in [-0.3, -0.25) is 4.90 Å². The Labute approximate surface area is 153 Å². The summed E-state index contributed by atoms with van der Waals surface area (Å²) in [5.74, 6) is 0.287. The molecule has 0 saturated carbocycles. The van der Waals surface area contributed by atoms with E-state index in [-0.39, 0.29) is 18.9 Å². The molecule has 0 fully saturated rings. The van der Waals surface area contributed by atoms with Gasteiger partial charge in [-0.05, 0) is 31.4 Å². The van der Waals surface area contributed by atoms with Crippen LogP contribution in [0.2, 0.25) is 0 Å². The van der Waals surface area contributed by atoms with E-state index in [0.717, 1.165) is 16.0 Å². The van der Waals surface area contributed by atoms with E-state index in [1.165, 1.54) is 0 Å². The van der Waals surface area contributed by atoms with Gasteiger partial charge in [0.15, 0.2) is 0 Å². The van der Waals surface area contributed by atoms with E-state index in [9.17, 15) is 19.8 Å². The van der Waals surface area contributed by atoms with Gasteiger partial charge < -0.3 is 14.6 Å². The van der Waals surface area contributed by atoms with E-state index >= 15 is 0 Å². The highest BCUT2D eigenvalue weighted by molar-refractivity contribution is 5.79. The number of hydrogen-bond acceptors (Lipinski definition) is 3. The van der Waals surface area contributed by atoms with Crippen LogP contribution in [0.25, 0.3) is 11.3 Å². The van der Waals surface area contributed by atoms with Crippen molar-refractivity contribution in [1.29, 1.82) is 0 Å². The Hall–Kier alpha value is -2.76. The highest BCUT2D eigenvalue weighted by Crippen LogP contribution is 2.23. The maximum Gasteiger partial charge on any atom is 0.408 e. The van der Waals surface area contributed by atoms with Gasteiger partial charge in [-0.1, -0.05) is 43.7 Å². The lowest BCUT2D eigenvalue weighted by Crippen LogP contribution is -2.46. The molecule has 140 valence electrons. The molecule has 1 heterocycles. The number of aryl methyl sites for hydroxylation is 1. The summed E-state index contributed by atoms with van der Waals surface area (Å²) in [5, 5.41) is 18.8. The molecule has 0 aliphatic carbocycles. The van der Waals surface area contributed by atoms with Gasteiger partial charge in [-0.2, -0.15) is 0 Å². The number of carbonyl (C=O) groups is 2. The second-order valence-corrected chi connectivity index (χ2v) is 6.84. The number of carboxylic acid groups (broad SMARTS) is 2. The molecule has 0 aliphatic heterocycles. The third-order valence-corrected chi connectivity index (χ3v) is 4.20. The highest BCUT2D eigenvalue weighted by Gasteiger charge is 2.30. The lowest BCUT2D eigenvalue weighted by molar-refractivity contribution is -0.143. The standard InChI is InChI=1S/C20H25NO5/c1-13(2)12-17(19(22)23)21(20(24)25)11-10-16-8-9-18(26-16)15-6-4-14(3)5-7-15/h4-9,13,17H,10-12H2,1-3H3,(H,22,23)(H,24,25). The molecular formula is C20H25NO5. The molecule has 0 spiro atoms. The van der Waals surface area contributed by atoms with E-state index in [1.807, 2.05) is 51.1 Å². The van der Waals surface area contributed by atoms with E-state index in [0.29, 0.717) is 17.9 Å². The molecular weight excluding hydrogens is 334 g/mol. The summed E-state index contributed by atoms with van der Waals surface area (Å²) in [6, 6.07) is 10.5. The Morgan fingerprint density at radius 2 is 1.73 bits per heavy atom. The SMILES string of the molecule is Cc1ccc(-c2ccc(CCN(C(=O)O)C(CC(C)C)C(=O)O)o2)cc1. The summed E-state index contributed by atoms with van der Waals surface area (Å²) in [6.45, 7) is 5.82. The van der Waals surface area contributed by atoms with Crippen molar-refractivity contribution in [3.8, 4) is 11.3 Å². The lowest BCUT2D eigenvalue weighted by Gasteiger charge is -2.27. The maximum absolute atomic E-state index is 11.5. The first kappa shape index (κ1) is 19.6. The largest absolute Gasteiger partial charge is 0.480 e. The van der Waals surface area contributed by atoms with E-state index < -0.39 is 18.1 Å². The molecule has 0 saturated heterocycles. The van der Waals surface area contributed by atoms with Crippen LogP contribution in [-0.4, -0.2) is 39.8 Å². The highest BCUT2D eigenvalue weighted by atomic mass is 16.4. The van der Waals surface area contributed by atoms with Crippen molar-refractivity contribution in [2.75, 3.05) is 6.54 Å². The Morgan fingerprint density at radius 1 is 1.08 bits per heavy atom. The smallest absolute Gasteiger partial charge is 0.408 e. The van der Waals surface area contributed by atoms with Gasteiger partial charge in [-0.15, -0.1) is 0 Å². The van der Waals surface area contributed by atoms with Crippen molar-refractivity contribution < 1.29 is 24.2 Å². The molecule has 6 heteroatoms. The van der Waals surface area contributed by atoms with Gasteiger partial charge in [0.1, 0.15) is 17.6 Å². The number of furan rings is 1. The van der Waals surface area contributed by atoms with Crippen molar-refractivity contribution in [1.82, 2.24) is 4.90 Å². The summed E-state index contributed by atoms with van der Waals surface area (Å²) < 4.78 is 5.79. The second-order valence-electron chi connectivity index (χ2n) is 6.84. The average molecular weight is 359 g/mol. The molecule has 1 unspecified atom stereocenters. The molecule has 2 N–H and O–H groups in total. The van der Waals surface area contributed by atoms with Crippen LogP contribution in [0.3, 0.4) is 0 Å². The minimum atomic E-state index is -1.23. The van der Waals surface area contributed by atoms with Crippen LogP contribution in [0, 0.1) is 12.8 Å². The van der Waals surface area contributed by atoms with Gasteiger partial charge in [0.2, 0.25) is 0 Å². The van der Waals surface area contributed by atoms with Crippen LogP contribution in [0.1, 0.15) is 31.6 Å². The van der Waals surface area contributed by atoms with Crippen LogP contribution >= 0.6 is 0 Å². The predicted octanol–water partition coefficient (Wildman–Crippen LogP) is 4.28. The monoisotopic (exact) mass is 359 g/mol. The average Bonchev–Trinajstić information content (AvgIpc) is 3.02. The van der Waals surface area contributed by atoms with Crippen molar-refractivity contribution in [3.63, 3.8) is 0 Å². The maximum atomic E-state index is 11.5. The number of rotatable bonds is 8. The summed E-state index contributed by atoms with van der Waals surface area (Å²) in [6.07, 6.45) is -0.641. The molecule has 0 bridgehead atoms. The Balaban J connectivity index is 2.08. The van der Waals surface area contributed by atoms with Gasteiger partial charge in [0, 0.05) is 18.5 Å². The van der Waals surface area contributed by atoms with Gasteiger partial charge >= 0.3 is 12.1 Å². The fourth-order valence-electron chi connectivity index (χ4n) is 2.81. The second kappa shape index (κ2) is 8.56. The first-order chi connectivity index (χ1) is 12.3. The van der Waals surface area contributed by atoms with Gasteiger partial charge in [-0.25, -0.2) is 9.59 Å². The third kappa shape index (κ3) is 5.12. The summed E-state index contributed by atoms with van der Waals surface area (Å²) in [7, 11) is 0.